The van der Waals surface area contributed by atoms with Crippen molar-refractivity contribution >= 4 is 33.3 Å². The van der Waals surface area contributed by atoms with Gasteiger partial charge in [-0.1, -0.05) is 23.9 Å². The Bertz CT molecular complexity index is 1140. The molecule has 0 unspecified atom stereocenters. The molecule has 0 saturated carbocycles. The van der Waals surface area contributed by atoms with Gasteiger partial charge in [0.1, 0.15) is 11.4 Å². The number of rotatable bonds is 5. The van der Waals surface area contributed by atoms with E-state index in [1.54, 1.807) is 23.0 Å². The van der Waals surface area contributed by atoms with Crippen LogP contribution in [-0.2, 0) is 26.4 Å². The SMILES string of the molecule is C=C(C)CSc1nnc(Cn2c(=O)c3c4c(sc3n(C)c2=O)CCC4)o1. The topological polar surface area (TPSA) is 82.9 Å². The van der Waals surface area contributed by atoms with E-state index in [1.807, 2.05) is 6.92 Å². The Morgan fingerprint density at radius 2 is 2.15 bits per heavy atom. The maximum atomic E-state index is 13.0. The number of nitrogens with zero attached hydrogens (tertiary/aromatic N) is 4. The molecule has 7 nitrogen and oxygen atoms in total. The van der Waals surface area contributed by atoms with Gasteiger partial charge in [0.15, 0.2) is 0 Å². The molecule has 4 rings (SSSR count). The minimum Gasteiger partial charge on any atom is -0.414 e. The Balaban J connectivity index is 1.74. The van der Waals surface area contributed by atoms with Crippen molar-refractivity contribution in [2.45, 2.75) is 38.0 Å². The van der Waals surface area contributed by atoms with Gasteiger partial charge in [-0.3, -0.25) is 13.9 Å². The van der Waals surface area contributed by atoms with E-state index in [9.17, 15) is 9.59 Å². The second-order valence-corrected chi connectivity index (χ2v) is 8.49. The van der Waals surface area contributed by atoms with E-state index >= 15 is 0 Å². The van der Waals surface area contributed by atoms with Crippen LogP contribution in [0, 0.1) is 0 Å². The lowest BCUT2D eigenvalue weighted by Crippen LogP contribution is -2.39. The Labute approximate surface area is 157 Å². The molecule has 0 aromatic carbocycles. The highest BCUT2D eigenvalue weighted by molar-refractivity contribution is 7.99. The number of hydrogen-bond acceptors (Lipinski definition) is 7. The molecular weight excluding hydrogens is 372 g/mol. The Morgan fingerprint density at radius 1 is 1.35 bits per heavy atom. The molecule has 0 saturated heterocycles. The third kappa shape index (κ3) is 2.84. The largest absolute Gasteiger partial charge is 0.414 e. The van der Waals surface area contributed by atoms with Crippen molar-refractivity contribution < 1.29 is 4.42 Å². The van der Waals surface area contributed by atoms with Gasteiger partial charge in [0.05, 0.1) is 5.39 Å². The molecule has 1 aliphatic rings. The fraction of sp³-hybridized carbons (Fsp3) is 0.412. The summed E-state index contributed by atoms with van der Waals surface area (Å²) in [4.78, 5) is 27.7. The van der Waals surface area contributed by atoms with Crippen LogP contribution in [0.1, 0.15) is 29.7 Å². The normalized spacial score (nSPS) is 13.5. The summed E-state index contributed by atoms with van der Waals surface area (Å²) in [5.41, 5.74) is 1.47. The third-order valence-electron chi connectivity index (χ3n) is 4.37. The highest BCUT2D eigenvalue weighted by Gasteiger charge is 2.24. The van der Waals surface area contributed by atoms with E-state index in [2.05, 4.69) is 16.8 Å². The Hall–Kier alpha value is -2.13. The first-order valence-corrected chi connectivity index (χ1v) is 10.1. The zero-order valence-electron chi connectivity index (χ0n) is 14.6. The first-order chi connectivity index (χ1) is 12.5. The van der Waals surface area contributed by atoms with Crippen molar-refractivity contribution in [1.82, 2.24) is 19.3 Å². The van der Waals surface area contributed by atoms with Gasteiger partial charge in [-0.25, -0.2) is 4.79 Å². The first-order valence-electron chi connectivity index (χ1n) is 8.29. The average molecular weight is 390 g/mol. The van der Waals surface area contributed by atoms with Crippen molar-refractivity contribution in [2.75, 3.05) is 5.75 Å². The van der Waals surface area contributed by atoms with E-state index in [4.69, 9.17) is 4.42 Å². The molecule has 3 heterocycles. The first kappa shape index (κ1) is 17.3. The molecular formula is C17H18N4O3S2. The summed E-state index contributed by atoms with van der Waals surface area (Å²) in [5.74, 6) is 0.927. The van der Waals surface area contributed by atoms with Crippen LogP contribution in [0.2, 0.25) is 0 Å². The zero-order chi connectivity index (χ0) is 18.4. The molecule has 0 aliphatic heterocycles. The van der Waals surface area contributed by atoms with Crippen molar-refractivity contribution in [2.24, 2.45) is 7.05 Å². The second-order valence-electron chi connectivity index (χ2n) is 6.48. The minimum absolute atomic E-state index is 0.0211. The molecule has 0 N–H and O–H groups in total. The van der Waals surface area contributed by atoms with Crippen LogP contribution in [0.3, 0.4) is 0 Å². The van der Waals surface area contributed by atoms with Crippen molar-refractivity contribution in [1.29, 1.82) is 0 Å². The lowest BCUT2D eigenvalue weighted by atomic mass is 10.2. The number of aromatic nitrogens is 4. The lowest BCUT2D eigenvalue weighted by molar-refractivity contribution is 0.399. The predicted octanol–water partition coefficient (Wildman–Crippen LogP) is 2.35. The monoisotopic (exact) mass is 390 g/mol. The van der Waals surface area contributed by atoms with E-state index in [1.165, 1.54) is 21.2 Å². The van der Waals surface area contributed by atoms with Crippen LogP contribution in [0.5, 0.6) is 0 Å². The fourth-order valence-electron chi connectivity index (χ4n) is 3.16. The summed E-state index contributed by atoms with van der Waals surface area (Å²) < 4.78 is 8.31. The van der Waals surface area contributed by atoms with Crippen LogP contribution in [0.15, 0.2) is 31.4 Å². The van der Waals surface area contributed by atoms with Crippen molar-refractivity contribution in [3.8, 4) is 0 Å². The van der Waals surface area contributed by atoms with Crippen LogP contribution in [0.25, 0.3) is 10.2 Å². The molecule has 0 bridgehead atoms. The Morgan fingerprint density at radius 3 is 2.92 bits per heavy atom. The highest BCUT2D eigenvalue weighted by atomic mass is 32.2. The summed E-state index contributed by atoms with van der Waals surface area (Å²) in [5, 5.41) is 9.00. The summed E-state index contributed by atoms with van der Waals surface area (Å²) in [6.07, 6.45) is 2.94. The lowest BCUT2D eigenvalue weighted by Gasteiger charge is -2.07. The summed E-state index contributed by atoms with van der Waals surface area (Å²) >= 11 is 2.94. The average Bonchev–Trinajstić information content (AvgIpc) is 3.30. The van der Waals surface area contributed by atoms with E-state index in [0.717, 1.165) is 35.2 Å². The van der Waals surface area contributed by atoms with Crippen molar-refractivity contribution in [3.63, 3.8) is 0 Å². The standard InChI is InChI=1S/C17H18N4O3S2/c1-9(2)8-25-16-19-18-12(24-16)7-21-14(22)13-10-5-4-6-11(10)26-15(13)20(3)17(21)23/h1,4-8H2,2-3H3. The maximum Gasteiger partial charge on any atom is 0.332 e. The molecule has 26 heavy (non-hydrogen) atoms. The molecule has 136 valence electrons. The van der Waals surface area contributed by atoms with Gasteiger partial charge >= 0.3 is 5.69 Å². The smallest absolute Gasteiger partial charge is 0.332 e. The molecule has 0 amide bonds. The molecule has 0 atom stereocenters. The van der Waals surface area contributed by atoms with Gasteiger partial charge in [0.25, 0.3) is 10.8 Å². The van der Waals surface area contributed by atoms with Gasteiger partial charge in [0.2, 0.25) is 5.89 Å². The van der Waals surface area contributed by atoms with Gasteiger partial charge in [-0.15, -0.1) is 21.5 Å². The van der Waals surface area contributed by atoms with Crippen LogP contribution in [0.4, 0.5) is 0 Å². The third-order valence-corrected chi connectivity index (χ3v) is 6.79. The van der Waals surface area contributed by atoms with Crippen LogP contribution in [-0.4, -0.2) is 25.1 Å². The molecule has 1 aliphatic carbocycles. The Kier molecular flexibility index (Phi) is 4.36. The number of aryl methyl sites for hydroxylation is 3. The summed E-state index contributed by atoms with van der Waals surface area (Å²) in [6.45, 7) is 5.73. The fourth-order valence-corrected chi connectivity index (χ4v) is 5.11. The summed E-state index contributed by atoms with van der Waals surface area (Å²) in [6, 6.07) is 0. The minimum atomic E-state index is -0.364. The van der Waals surface area contributed by atoms with Crippen LogP contribution < -0.4 is 11.2 Å². The van der Waals surface area contributed by atoms with Crippen LogP contribution >= 0.6 is 23.1 Å². The summed E-state index contributed by atoms with van der Waals surface area (Å²) in [7, 11) is 1.70. The van der Waals surface area contributed by atoms with E-state index < -0.39 is 0 Å². The molecule has 0 fully saturated rings. The van der Waals surface area contributed by atoms with E-state index in [-0.39, 0.29) is 23.7 Å². The van der Waals surface area contributed by atoms with Gasteiger partial charge in [-0.2, -0.15) is 0 Å². The molecule has 3 aromatic heterocycles. The maximum absolute atomic E-state index is 13.0. The molecule has 0 radical (unpaired) electrons. The zero-order valence-corrected chi connectivity index (χ0v) is 16.2. The number of thiophene rings is 1. The number of thioether (sulfide) groups is 1. The second kappa shape index (κ2) is 6.55. The quantitative estimate of drug-likeness (QED) is 0.491. The van der Waals surface area contributed by atoms with Crippen molar-refractivity contribution in [3.05, 3.63) is 49.3 Å². The van der Waals surface area contributed by atoms with E-state index in [0.29, 0.717) is 16.4 Å². The number of fused-ring (bicyclic) bond motifs is 3. The number of hydrogen-bond donors (Lipinski definition) is 0. The predicted molar refractivity (Wildman–Crippen MR) is 102 cm³/mol. The molecule has 3 aromatic rings. The van der Waals surface area contributed by atoms with Gasteiger partial charge in [0, 0.05) is 17.7 Å². The molecule has 9 heteroatoms. The molecule has 0 spiro atoms. The van der Waals surface area contributed by atoms with Gasteiger partial charge in [-0.05, 0) is 31.7 Å². The van der Waals surface area contributed by atoms with Gasteiger partial charge < -0.3 is 4.42 Å². The highest BCUT2D eigenvalue weighted by Crippen LogP contribution is 2.34.